The molecule has 4 rings (SSSR count). The van der Waals surface area contributed by atoms with Crippen LogP contribution in [0.3, 0.4) is 0 Å². The molecule has 0 aliphatic heterocycles. The van der Waals surface area contributed by atoms with Crippen LogP contribution in [0.2, 0.25) is 23.2 Å². The van der Waals surface area contributed by atoms with E-state index in [9.17, 15) is 0 Å². The molecular formula is C27H32ClN5O2Si. The zero-order valence-electron chi connectivity index (χ0n) is 21.7. The summed E-state index contributed by atoms with van der Waals surface area (Å²) in [5.41, 5.74) is 3.88. The fourth-order valence-corrected chi connectivity index (χ4v) is 5.46. The smallest absolute Gasteiger partial charge is 0.247 e. The number of fused-ring (bicyclic) bond motifs is 1. The summed E-state index contributed by atoms with van der Waals surface area (Å²) in [5, 5.41) is 13.8. The van der Waals surface area contributed by atoms with E-state index in [4.69, 9.17) is 27.0 Å². The fourth-order valence-electron chi connectivity index (χ4n) is 3.83. The first-order valence-corrected chi connectivity index (χ1v) is 15.2. The first-order chi connectivity index (χ1) is 16.9. The highest BCUT2D eigenvalue weighted by Gasteiger charge is 2.41. The zero-order valence-corrected chi connectivity index (χ0v) is 23.5. The van der Waals surface area contributed by atoms with Crippen molar-refractivity contribution in [2.45, 2.75) is 64.9 Å². The van der Waals surface area contributed by atoms with Gasteiger partial charge in [0, 0.05) is 28.4 Å². The first-order valence-electron chi connectivity index (χ1n) is 11.9. The first kappa shape index (κ1) is 26.0. The summed E-state index contributed by atoms with van der Waals surface area (Å²) < 4.78 is 13.0. The predicted octanol–water partition coefficient (Wildman–Crippen LogP) is 8.29. The van der Waals surface area contributed by atoms with Crippen LogP contribution < -0.4 is 5.32 Å². The Morgan fingerprint density at radius 1 is 1.17 bits per heavy atom. The van der Waals surface area contributed by atoms with Crippen LogP contribution in [0.15, 0.2) is 47.0 Å². The molecule has 2 aromatic carbocycles. The van der Waals surface area contributed by atoms with Gasteiger partial charge in [0.1, 0.15) is 6.04 Å². The number of nitrogens with one attached hydrogen (secondary N) is 2. The van der Waals surface area contributed by atoms with Crippen molar-refractivity contribution in [3.63, 3.8) is 0 Å². The fraction of sp³-hybridized carbons (Fsp3) is 0.370. The molecule has 0 unspecified atom stereocenters. The van der Waals surface area contributed by atoms with E-state index >= 15 is 0 Å². The summed E-state index contributed by atoms with van der Waals surface area (Å²) in [6.45, 7) is 22.3. The van der Waals surface area contributed by atoms with E-state index in [-0.39, 0.29) is 11.1 Å². The number of aromatic amines is 1. The molecule has 2 atom stereocenters. The van der Waals surface area contributed by atoms with Gasteiger partial charge in [-0.3, -0.25) is 0 Å². The number of hydrogen-bond acceptors (Lipinski definition) is 5. The van der Waals surface area contributed by atoms with Crippen molar-refractivity contribution in [2.75, 3.05) is 5.32 Å². The number of nitrogens with zero attached hydrogens (tertiary/aromatic N) is 3. The van der Waals surface area contributed by atoms with E-state index < -0.39 is 14.4 Å². The number of hydrogen-bond donors (Lipinski definition) is 2. The van der Waals surface area contributed by atoms with Crippen molar-refractivity contribution in [3.05, 3.63) is 70.5 Å². The summed E-state index contributed by atoms with van der Waals surface area (Å²) in [4.78, 5) is 6.70. The summed E-state index contributed by atoms with van der Waals surface area (Å²) in [6.07, 6.45) is 1.63. The molecule has 0 aliphatic rings. The summed E-state index contributed by atoms with van der Waals surface area (Å²) in [5.74, 6) is 0.868. The molecule has 0 saturated heterocycles. The summed E-state index contributed by atoms with van der Waals surface area (Å²) in [7, 11) is -2.10. The van der Waals surface area contributed by atoms with Gasteiger partial charge in [0.15, 0.2) is 8.32 Å². The topological polar surface area (TPSA) is 80.3 Å². The summed E-state index contributed by atoms with van der Waals surface area (Å²) >= 11 is 6.46. The van der Waals surface area contributed by atoms with E-state index in [1.54, 1.807) is 6.07 Å². The van der Waals surface area contributed by atoms with Crippen molar-refractivity contribution in [3.8, 4) is 11.5 Å². The molecule has 36 heavy (non-hydrogen) atoms. The quantitative estimate of drug-likeness (QED) is 0.189. The monoisotopic (exact) mass is 521 g/mol. The molecule has 188 valence electrons. The maximum Gasteiger partial charge on any atom is 0.247 e. The lowest BCUT2D eigenvalue weighted by Gasteiger charge is -2.40. The number of rotatable bonds is 7. The number of aromatic nitrogens is 3. The van der Waals surface area contributed by atoms with Gasteiger partial charge in [0.25, 0.3) is 0 Å². The van der Waals surface area contributed by atoms with E-state index in [0.717, 1.165) is 27.7 Å². The zero-order chi connectivity index (χ0) is 26.3. The minimum Gasteiger partial charge on any atom is -0.418 e. The van der Waals surface area contributed by atoms with Crippen molar-refractivity contribution < 1.29 is 8.84 Å². The van der Waals surface area contributed by atoms with Gasteiger partial charge in [0.05, 0.1) is 17.7 Å². The molecule has 0 radical (unpaired) electrons. The third-order valence-electron chi connectivity index (χ3n) is 7.06. The third-order valence-corrected chi connectivity index (χ3v) is 12.1. The number of benzene rings is 2. The predicted molar refractivity (Wildman–Crippen MR) is 148 cm³/mol. The molecule has 7 nitrogen and oxygen atoms in total. The van der Waals surface area contributed by atoms with Gasteiger partial charge in [-0.1, -0.05) is 38.4 Å². The lowest BCUT2D eigenvalue weighted by molar-refractivity contribution is 0.166. The Bertz CT molecular complexity index is 1430. The van der Waals surface area contributed by atoms with Crippen LogP contribution in [-0.2, 0) is 4.43 Å². The van der Waals surface area contributed by atoms with Crippen LogP contribution >= 0.6 is 11.6 Å². The molecule has 0 saturated carbocycles. The second-order valence-electron chi connectivity index (χ2n) is 10.6. The highest BCUT2D eigenvalue weighted by atomic mass is 35.5. The van der Waals surface area contributed by atoms with Crippen molar-refractivity contribution in [1.82, 2.24) is 15.2 Å². The van der Waals surface area contributed by atoms with Crippen LogP contribution in [0.25, 0.3) is 27.2 Å². The molecule has 2 heterocycles. The molecule has 0 bridgehead atoms. The van der Waals surface area contributed by atoms with E-state index in [0.29, 0.717) is 22.5 Å². The lowest BCUT2D eigenvalue weighted by Crippen LogP contribution is -2.45. The lowest BCUT2D eigenvalue weighted by atomic mass is 10.1. The second-order valence-corrected chi connectivity index (χ2v) is 15.7. The minimum absolute atomic E-state index is 0.0360. The van der Waals surface area contributed by atoms with E-state index in [1.807, 2.05) is 50.4 Å². The molecule has 0 aliphatic carbocycles. The number of halogens is 1. The highest BCUT2D eigenvalue weighted by molar-refractivity contribution is 6.74. The second kappa shape index (κ2) is 9.73. The van der Waals surface area contributed by atoms with Crippen molar-refractivity contribution >= 4 is 42.2 Å². The van der Waals surface area contributed by atoms with Crippen LogP contribution in [0.4, 0.5) is 11.4 Å². The standard InChI is InChI=1S/C27H32ClN5O2Si/c1-16-20(11-12-22(29-6)23(16)28)31-24(17(2)35-36(7,8)27(3,4)5)26-33-32-25(34-26)19-9-10-21-18(15-19)13-14-30-21/h9-15,17,24,30-31H,1-5,7-8H3/t17-,24+/m0/s1. The van der Waals surface area contributed by atoms with Gasteiger partial charge in [-0.15, -0.1) is 10.2 Å². The summed E-state index contributed by atoms with van der Waals surface area (Å²) in [6, 6.07) is 11.1. The molecular weight excluding hydrogens is 490 g/mol. The van der Waals surface area contributed by atoms with Gasteiger partial charge >= 0.3 is 0 Å². The molecule has 0 amide bonds. The van der Waals surface area contributed by atoms with Crippen molar-refractivity contribution in [1.29, 1.82) is 0 Å². The Kier molecular flexibility index (Phi) is 7.02. The van der Waals surface area contributed by atoms with Gasteiger partial charge in [0.2, 0.25) is 17.5 Å². The Morgan fingerprint density at radius 3 is 2.61 bits per heavy atom. The largest absolute Gasteiger partial charge is 0.418 e. The number of H-pyrrole nitrogens is 1. The molecule has 0 fully saturated rings. The van der Waals surface area contributed by atoms with Gasteiger partial charge in [-0.2, -0.15) is 0 Å². The Hall–Kier alpha value is -3.12. The third kappa shape index (κ3) is 5.05. The van der Waals surface area contributed by atoms with Crippen LogP contribution in [-0.4, -0.2) is 29.6 Å². The maximum atomic E-state index is 7.35. The van der Waals surface area contributed by atoms with Crippen LogP contribution in [0.5, 0.6) is 0 Å². The molecule has 4 aromatic rings. The van der Waals surface area contributed by atoms with Gasteiger partial charge in [-0.25, -0.2) is 4.85 Å². The van der Waals surface area contributed by atoms with Gasteiger partial charge < -0.3 is 19.1 Å². The van der Waals surface area contributed by atoms with Crippen LogP contribution in [0.1, 0.15) is 45.2 Å². The Labute approximate surface area is 218 Å². The maximum absolute atomic E-state index is 7.35. The van der Waals surface area contributed by atoms with Gasteiger partial charge in [-0.05, 0) is 67.9 Å². The minimum atomic E-state index is -2.10. The number of anilines is 1. The molecule has 2 N–H and O–H groups in total. The highest BCUT2D eigenvalue weighted by Crippen LogP contribution is 2.40. The van der Waals surface area contributed by atoms with E-state index in [2.05, 4.69) is 59.2 Å². The van der Waals surface area contributed by atoms with E-state index in [1.165, 1.54) is 0 Å². The average molecular weight is 522 g/mol. The molecule has 2 aromatic heterocycles. The Morgan fingerprint density at radius 2 is 1.92 bits per heavy atom. The molecule has 0 spiro atoms. The van der Waals surface area contributed by atoms with Crippen LogP contribution in [0, 0.1) is 13.5 Å². The molecule has 9 heteroatoms. The normalized spacial score (nSPS) is 14.0. The Balaban J connectivity index is 1.71. The SMILES string of the molecule is [C-]#[N+]c1ccc(N[C@@H](c2nnc(-c3ccc4[nH]ccc4c3)o2)[C@H](C)O[Si](C)(C)C(C)(C)C)c(C)c1Cl. The van der Waals surface area contributed by atoms with Crippen molar-refractivity contribution in [2.24, 2.45) is 0 Å². The average Bonchev–Trinajstić information content (AvgIpc) is 3.48.